The van der Waals surface area contributed by atoms with Gasteiger partial charge in [-0.05, 0) is 35.7 Å². The molecule has 4 aromatic rings. The van der Waals surface area contributed by atoms with Crippen LogP contribution in [-0.2, 0) is 20.1 Å². The molecule has 1 aliphatic heterocycles. The van der Waals surface area contributed by atoms with E-state index in [1.54, 1.807) is 32.4 Å². The molecule has 5 rings (SSSR count). The molecule has 2 aromatic carbocycles. The lowest BCUT2D eigenvalue weighted by Crippen LogP contribution is -2.40. The van der Waals surface area contributed by atoms with Gasteiger partial charge >= 0.3 is 5.69 Å². The molecule has 2 aromatic heterocycles. The number of aromatic nitrogens is 4. The Hall–Kier alpha value is -3.52. The molecular weight excluding hydrogens is 442 g/mol. The van der Waals surface area contributed by atoms with Crippen LogP contribution in [0.15, 0.2) is 58.1 Å². The van der Waals surface area contributed by atoms with Crippen molar-refractivity contribution in [1.82, 2.24) is 18.7 Å². The number of benzene rings is 2. The number of fused-ring (bicyclic) bond motifs is 3. The van der Waals surface area contributed by atoms with Crippen LogP contribution < -0.4 is 20.9 Å². The van der Waals surface area contributed by atoms with Gasteiger partial charge in [0.2, 0.25) is 5.95 Å². The number of halogens is 1. The van der Waals surface area contributed by atoms with E-state index in [1.807, 2.05) is 34.9 Å². The van der Waals surface area contributed by atoms with Gasteiger partial charge in [0.15, 0.2) is 11.2 Å². The molecule has 0 bridgehead atoms. The zero-order valence-electron chi connectivity index (χ0n) is 18.7. The molecule has 1 atom stereocenters. The third-order valence-electron chi connectivity index (χ3n) is 6.04. The molecule has 33 heavy (non-hydrogen) atoms. The fourth-order valence-corrected chi connectivity index (χ4v) is 4.67. The van der Waals surface area contributed by atoms with Crippen molar-refractivity contribution < 1.29 is 4.74 Å². The zero-order valence-corrected chi connectivity index (χ0v) is 19.4. The Morgan fingerprint density at radius 2 is 1.91 bits per heavy atom. The summed E-state index contributed by atoms with van der Waals surface area (Å²) in [7, 11) is 3.28. The Labute approximate surface area is 195 Å². The minimum Gasteiger partial charge on any atom is -0.497 e. The van der Waals surface area contributed by atoms with Crippen molar-refractivity contribution in [2.75, 3.05) is 18.6 Å². The molecule has 0 amide bonds. The van der Waals surface area contributed by atoms with Crippen LogP contribution in [0, 0.1) is 5.92 Å². The van der Waals surface area contributed by atoms with E-state index < -0.39 is 5.69 Å². The second-order valence-corrected chi connectivity index (χ2v) is 8.91. The number of rotatable bonds is 4. The Morgan fingerprint density at radius 1 is 1.12 bits per heavy atom. The third-order valence-corrected chi connectivity index (χ3v) is 6.27. The quantitative estimate of drug-likeness (QED) is 0.462. The lowest BCUT2D eigenvalue weighted by Gasteiger charge is -2.33. The SMILES string of the molecule is COc1cccc(N2C[C@@H](C)Cn3c2nc2c3c(=O)n(Cc3cccc(Cl)c3)c(=O)n2C)c1. The number of nitrogens with zero attached hydrogens (tertiary/aromatic N) is 5. The van der Waals surface area contributed by atoms with Crippen LogP contribution in [0.1, 0.15) is 12.5 Å². The van der Waals surface area contributed by atoms with Crippen molar-refractivity contribution in [3.05, 3.63) is 80.0 Å². The first-order chi connectivity index (χ1) is 15.9. The first-order valence-electron chi connectivity index (χ1n) is 10.7. The number of imidazole rings is 1. The van der Waals surface area contributed by atoms with Gasteiger partial charge in [-0.2, -0.15) is 4.98 Å². The minimum atomic E-state index is -0.413. The first kappa shape index (κ1) is 21.3. The molecule has 0 spiro atoms. The molecule has 8 nitrogen and oxygen atoms in total. The highest BCUT2D eigenvalue weighted by Crippen LogP contribution is 2.34. The van der Waals surface area contributed by atoms with E-state index >= 15 is 0 Å². The van der Waals surface area contributed by atoms with E-state index in [2.05, 4.69) is 11.8 Å². The molecule has 0 radical (unpaired) electrons. The van der Waals surface area contributed by atoms with Gasteiger partial charge in [-0.15, -0.1) is 0 Å². The van der Waals surface area contributed by atoms with Gasteiger partial charge in [0.05, 0.1) is 13.7 Å². The molecule has 0 unspecified atom stereocenters. The van der Waals surface area contributed by atoms with Crippen molar-refractivity contribution >= 4 is 34.4 Å². The van der Waals surface area contributed by atoms with E-state index in [1.165, 1.54) is 9.13 Å². The summed E-state index contributed by atoms with van der Waals surface area (Å²) in [6.07, 6.45) is 0. The van der Waals surface area contributed by atoms with Gasteiger partial charge in [0.25, 0.3) is 5.56 Å². The molecule has 9 heteroatoms. The maximum absolute atomic E-state index is 13.6. The van der Waals surface area contributed by atoms with E-state index in [0.717, 1.165) is 23.5 Å². The highest BCUT2D eigenvalue weighted by atomic mass is 35.5. The lowest BCUT2D eigenvalue weighted by molar-refractivity contribution is 0.414. The molecule has 3 heterocycles. The van der Waals surface area contributed by atoms with E-state index in [4.69, 9.17) is 21.3 Å². The van der Waals surface area contributed by atoms with Crippen molar-refractivity contribution in [3.8, 4) is 5.75 Å². The smallest absolute Gasteiger partial charge is 0.332 e. The van der Waals surface area contributed by atoms with Crippen molar-refractivity contribution in [3.63, 3.8) is 0 Å². The number of aryl methyl sites for hydroxylation is 1. The predicted molar refractivity (Wildman–Crippen MR) is 129 cm³/mol. The Balaban J connectivity index is 1.71. The summed E-state index contributed by atoms with van der Waals surface area (Å²) < 4.78 is 10.0. The van der Waals surface area contributed by atoms with Crippen LogP contribution in [0.4, 0.5) is 11.6 Å². The summed E-state index contributed by atoms with van der Waals surface area (Å²) in [6, 6.07) is 14.9. The fraction of sp³-hybridized carbons (Fsp3) is 0.292. The van der Waals surface area contributed by atoms with Gasteiger partial charge < -0.3 is 14.2 Å². The Kier molecular flexibility index (Phi) is 5.25. The summed E-state index contributed by atoms with van der Waals surface area (Å²) >= 11 is 6.11. The van der Waals surface area contributed by atoms with Crippen molar-refractivity contribution in [1.29, 1.82) is 0 Å². The van der Waals surface area contributed by atoms with Gasteiger partial charge in [0, 0.05) is 36.9 Å². The Morgan fingerprint density at radius 3 is 2.67 bits per heavy atom. The highest BCUT2D eigenvalue weighted by Gasteiger charge is 2.30. The second kappa shape index (κ2) is 8.12. The first-order valence-corrected chi connectivity index (χ1v) is 11.1. The average molecular weight is 466 g/mol. The van der Waals surface area contributed by atoms with E-state index in [0.29, 0.717) is 28.7 Å². The number of hydrogen-bond acceptors (Lipinski definition) is 5. The van der Waals surface area contributed by atoms with Crippen LogP contribution >= 0.6 is 11.6 Å². The predicted octanol–water partition coefficient (Wildman–Crippen LogP) is 3.39. The summed E-state index contributed by atoms with van der Waals surface area (Å²) in [4.78, 5) is 33.5. The Bertz CT molecular complexity index is 1490. The molecule has 170 valence electrons. The fourth-order valence-electron chi connectivity index (χ4n) is 4.46. The number of methoxy groups -OCH3 is 1. The maximum Gasteiger partial charge on any atom is 0.332 e. The van der Waals surface area contributed by atoms with Gasteiger partial charge in [0.1, 0.15) is 5.75 Å². The maximum atomic E-state index is 13.6. The monoisotopic (exact) mass is 465 g/mol. The highest BCUT2D eigenvalue weighted by molar-refractivity contribution is 6.30. The van der Waals surface area contributed by atoms with Crippen LogP contribution in [0.3, 0.4) is 0 Å². The van der Waals surface area contributed by atoms with Gasteiger partial charge in [-0.25, -0.2) is 4.79 Å². The minimum absolute atomic E-state index is 0.137. The van der Waals surface area contributed by atoms with Crippen LogP contribution in [0.2, 0.25) is 5.02 Å². The van der Waals surface area contributed by atoms with E-state index in [-0.39, 0.29) is 18.0 Å². The summed E-state index contributed by atoms with van der Waals surface area (Å²) in [6.45, 7) is 3.64. The van der Waals surface area contributed by atoms with Crippen molar-refractivity contribution in [2.45, 2.75) is 20.0 Å². The topological polar surface area (TPSA) is 74.3 Å². The van der Waals surface area contributed by atoms with Crippen LogP contribution in [0.25, 0.3) is 11.2 Å². The summed E-state index contributed by atoms with van der Waals surface area (Å²) in [5.41, 5.74) is 1.74. The van der Waals surface area contributed by atoms with Gasteiger partial charge in [-0.3, -0.25) is 13.9 Å². The molecule has 0 saturated heterocycles. The van der Waals surface area contributed by atoms with Crippen molar-refractivity contribution in [2.24, 2.45) is 13.0 Å². The molecule has 0 fully saturated rings. The van der Waals surface area contributed by atoms with E-state index in [9.17, 15) is 9.59 Å². The summed E-state index contributed by atoms with van der Waals surface area (Å²) in [5, 5.41) is 0.558. The zero-order chi connectivity index (χ0) is 23.3. The summed E-state index contributed by atoms with van der Waals surface area (Å²) in [5.74, 6) is 1.65. The standard InChI is InChI=1S/C24H24ClN5O3/c1-15-12-28(18-8-5-9-19(11-18)33-3)23-26-21-20(29(23)13-15)22(31)30(24(32)27(21)2)14-16-6-4-7-17(25)10-16/h4-11,15H,12-14H2,1-3H3/t15-/m1/s1. The molecule has 1 aliphatic rings. The van der Waals surface area contributed by atoms with Crippen LogP contribution in [-0.4, -0.2) is 32.3 Å². The number of ether oxygens (including phenoxy) is 1. The second-order valence-electron chi connectivity index (χ2n) is 8.47. The van der Waals surface area contributed by atoms with Gasteiger partial charge in [-0.1, -0.05) is 36.7 Å². The molecule has 0 aliphatic carbocycles. The number of anilines is 2. The van der Waals surface area contributed by atoms with Crippen LogP contribution in [0.5, 0.6) is 5.75 Å². The third kappa shape index (κ3) is 3.60. The molecule has 0 saturated carbocycles. The average Bonchev–Trinajstić information content (AvgIpc) is 3.19. The molecule has 0 N–H and O–H groups in total. The number of hydrogen-bond donors (Lipinski definition) is 0. The lowest BCUT2D eigenvalue weighted by atomic mass is 10.1. The normalized spacial score (nSPS) is 15.6. The molecular formula is C24H24ClN5O3. The largest absolute Gasteiger partial charge is 0.497 e.